The number of aromatic amines is 1. The maximum absolute atomic E-state index is 13.2. The fourth-order valence-electron chi connectivity index (χ4n) is 1.83. The van der Waals surface area contributed by atoms with E-state index in [9.17, 15) is 9.18 Å². The van der Waals surface area contributed by atoms with Gasteiger partial charge in [0.1, 0.15) is 17.7 Å². The number of aromatic nitrogens is 2. The molecular weight excluding hydrogens is 249 g/mol. The smallest absolute Gasteiger partial charge is 0.320 e. The summed E-state index contributed by atoms with van der Waals surface area (Å²) in [4.78, 5) is 17.9. The molecule has 0 spiro atoms. The number of carboxylic acid groups (broad SMARTS) is 1. The first-order chi connectivity index (χ1) is 8.97. The fourth-order valence-corrected chi connectivity index (χ4v) is 1.83. The Morgan fingerprint density at radius 1 is 1.58 bits per heavy atom. The van der Waals surface area contributed by atoms with Crippen LogP contribution in [0, 0.1) is 12.7 Å². The number of carbonyl (C=O) groups is 1. The fraction of sp³-hybridized carbons (Fsp3) is 0.231. The number of nitrogens with one attached hydrogen (secondary N) is 1. The third-order valence-electron chi connectivity index (χ3n) is 2.76. The van der Waals surface area contributed by atoms with E-state index < -0.39 is 12.0 Å². The average Bonchev–Trinajstić information content (AvgIpc) is 2.70. The van der Waals surface area contributed by atoms with Crippen molar-refractivity contribution in [2.45, 2.75) is 19.4 Å². The molecule has 19 heavy (non-hydrogen) atoms. The summed E-state index contributed by atoms with van der Waals surface area (Å²) < 4.78 is 13.2. The van der Waals surface area contributed by atoms with E-state index in [2.05, 4.69) is 9.97 Å². The quantitative estimate of drug-likeness (QED) is 0.779. The van der Waals surface area contributed by atoms with Crippen molar-refractivity contribution in [1.29, 1.82) is 0 Å². The first kappa shape index (κ1) is 13.2. The lowest BCUT2D eigenvalue weighted by Gasteiger charge is -2.02. The van der Waals surface area contributed by atoms with Gasteiger partial charge in [-0.15, -0.1) is 0 Å². The Hall–Kier alpha value is -2.21. The van der Waals surface area contributed by atoms with E-state index in [4.69, 9.17) is 10.8 Å². The van der Waals surface area contributed by atoms with Crippen LogP contribution in [0.3, 0.4) is 0 Å². The molecule has 1 aromatic heterocycles. The van der Waals surface area contributed by atoms with Crippen molar-refractivity contribution in [3.63, 3.8) is 0 Å². The number of aryl methyl sites for hydroxylation is 1. The SMILES string of the molecule is Cc1[nH]c(CC(N)C(=O)O)nc1-c1cccc(F)c1. The second kappa shape index (κ2) is 5.19. The second-order valence-electron chi connectivity index (χ2n) is 4.32. The number of carboxylic acids is 1. The Balaban J connectivity index is 2.29. The van der Waals surface area contributed by atoms with Crippen LogP contribution < -0.4 is 5.73 Å². The molecule has 0 saturated carbocycles. The molecule has 0 aliphatic carbocycles. The number of rotatable bonds is 4. The molecule has 0 radical (unpaired) electrons. The van der Waals surface area contributed by atoms with Crippen LogP contribution in [0.5, 0.6) is 0 Å². The van der Waals surface area contributed by atoms with Gasteiger partial charge in [-0.25, -0.2) is 9.37 Å². The number of aliphatic carboxylic acids is 1. The number of halogens is 1. The number of hydrogen-bond donors (Lipinski definition) is 3. The second-order valence-corrected chi connectivity index (χ2v) is 4.32. The Kier molecular flexibility index (Phi) is 3.62. The van der Waals surface area contributed by atoms with Gasteiger partial charge in [0.2, 0.25) is 0 Å². The van der Waals surface area contributed by atoms with Crippen molar-refractivity contribution in [1.82, 2.24) is 9.97 Å². The van der Waals surface area contributed by atoms with Gasteiger partial charge in [0.15, 0.2) is 0 Å². The van der Waals surface area contributed by atoms with Gasteiger partial charge < -0.3 is 15.8 Å². The van der Waals surface area contributed by atoms with Crippen LogP contribution in [0.15, 0.2) is 24.3 Å². The number of hydrogen-bond acceptors (Lipinski definition) is 3. The summed E-state index contributed by atoms with van der Waals surface area (Å²) in [6.07, 6.45) is 0.103. The molecule has 4 N–H and O–H groups in total. The predicted molar refractivity (Wildman–Crippen MR) is 68.0 cm³/mol. The zero-order valence-corrected chi connectivity index (χ0v) is 10.4. The summed E-state index contributed by atoms with van der Waals surface area (Å²) in [5.41, 5.74) is 7.45. The lowest BCUT2D eigenvalue weighted by molar-refractivity contribution is -0.138. The van der Waals surface area contributed by atoms with Crippen molar-refractivity contribution in [3.8, 4) is 11.3 Å². The summed E-state index contributed by atoms with van der Waals surface area (Å²) in [6.45, 7) is 1.79. The molecule has 2 rings (SSSR count). The number of benzene rings is 1. The number of nitrogens with zero attached hydrogens (tertiary/aromatic N) is 1. The molecule has 1 aromatic carbocycles. The first-order valence-corrected chi connectivity index (χ1v) is 5.77. The molecule has 0 fully saturated rings. The number of H-pyrrole nitrogens is 1. The van der Waals surface area contributed by atoms with E-state index in [-0.39, 0.29) is 12.2 Å². The summed E-state index contributed by atoms with van der Waals surface area (Å²) in [7, 11) is 0. The highest BCUT2D eigenvalue weighted by Crippen LogP contribution is 2.22. The third kappa shape index (κ3) is 2.97. The minimum Gasteiger partial charge on any atom is -0.480 e. The highest BCUT2D eigenvalue weighted by Gasteiger charge is 2.16. The minimum atomic E-state index is -1.08. The van der Waals surface area contributed by atoms with Crippen LogP contribution in [-0.2, 0) is 11.2 Å². The van der Waals surface area contributed by atoms with Crippen molar-refractivity contribution in [2.24, 2.45) is 5.73 Å². The number of nitrogens with two attached hydrogens (primary N) is 1. The van der Waals surface area contributed by atoms with Crippen LogP contribution in [0.2, 0.25) is 0 Å². The van der Waals surface area contributed by atoms with Gasteiger partial charge in [0.05, 0.1) is 5.69 Å². The van der Waals surface area contributed by atoms with Crippen molar-refractivity contribution < 1.29 is 14.3 Å². The van der Waals surface area contributed by atoms with Gasteiger partial charge in [-0.05, 0) is 19.1 Å². The zero-order chi connectivity index (χ0) is 14.0. The molecule has 6 heteroatoms. The molecule has 0 bridgehead atoms. The van der Waals surface area contributed by atoms with Crippen molar-refractivity contribution >= 4 is 5.97 Å². The van der Waals surface area contributed by atoms with Crippen LogP contribution in [-0.4, -0.2) is 27.1 Å². The predicted octanol–water partition coefficient (Wildman–Crippen LogP) is 1.48. The lowest BCUT2D eigenvalue weighted by atomic mass is 10.1. The Bertz CT molecular complexity index is 610. The monoisotopic (exact) mass is 263 g/mol. The highest BCUT2D eigenvalue weighted by molar-refractivity contribution is 5.73. The van der Waals surface area contributed by atoms with E-state index in [1.807, 2.05) is 0 Å². The average molecular weight is 263 g/mol. The highest BCUT2D eigenvalue weighted by atomic mass is 19.1. The zero-order valence-electron chi connectivity index (χ0n) is 10.4. The van der Waals surface area contributed by atoms with Crippen LogP contribution in [0.1, 0.15) is 11.5 Å². The topological polar surface area (TPSA) is 92.0 Å². The molecule has 1 unspecified atom stereocenters. The molecule has 0 aliphatic rings. The Morgan fingerprint density at radius 3 is 2.95 bits per heavy atom. The van der Waals surface area contributed by atoms with Gasteiger partial charge in [-0.1, -0.05) is 12.1 Å². The van der Waals surface area contributed by atoms with Crippen LogP contribution >= 0.6 is 0 Å². The Labute approximate surface area is 109 Å². The molecule has 1 atom stereocenters. The summed E-state index contributed by atoms with van der Waals surface area (Å²) in [6, 6.07) is 5.07. The van der Waals surface area contributed by atoms with Gasteiger partial charge >= 0.3 is 5.97 Å². The third-order valence-corrected chi connectivity index (χ3v) is 2.76. The van der Waals surface area contributed by atoms with Crippen LogP contribution in [0.4, 0.5) is 4.39 Å². The van der Waals surface area contributed by atoms with Gasteiger partial charge in [0.25, 0.3) is 0 Å². The van der Waals surface area contributed by atoms with Gasteiger partial charge in [0, 0.05) is 17.7 Å². The summed E-state index contributed by atoms with van der Waals surface area (Å²) in [5.74, 6) is -0.947. The first-order valence-electron chi connectivity index (χ1n) is 5.77. The molecule has 0 aliphatic heterocycles. The van der Waals surface area contributed by atoms with Crippen molar-refractivity contribution in [3.05, 3.63) is 41.6 Å². The molecule has 0 amide bonds. The maximum atomic E-state index is 13.2. The molecule has 1 heterocycles. The van der Waals surface area contributed by atoms with E-state index in [0.29, 0.717) is 17.1 Å². The molecule has 0 saturated heterocycles. The molecule has 100 valence electrons. The van der Waals surface area contributed by atoms with Gasteiger partial charge in [-0.3, -0.25) is 4.79 Å². The standard InChI is InChI=1S/C13H14FN3O2/c1-7-12(8-3-2-4-9(14)5-8)17-11(16-7)6-10(15)13(18)19/h2-5,10H,6,15H2,1H3,(H,16,17)(H,18,19). The van der Waals surface area contributed by atoms with E-state index in [1.165, 1.54) is 12.1 Å². The summed E-state index contributed by atoms with van der Waals surface area (Å²) >= 11 is 0. The van der Waals surface area contributed by atoms with E-state index in [0.717, 1.165) is 5.69 Å². The molecule has 5 nitrogen and oxygen atoms in total. The van der Waals surface area contributed by atoms with Crippen molar-refractivity contribution in [2.75, 3.05) is 0 Å². The lowest BCUT2D eigenvalue weighted by Crippen LogP contribution is -2.32. The number of imidazole rings is 1. The molecular formula is C13H14FN3O2. The largest absolute Gasteiger partial charge is 0.480 e. The van der Waals surface area contributed by atoms with Gasteiger partial charge in [-0.2, -0.15) is 0 Å². The van der Waals surface area contributed by atoms with Crippen LogP contribution in [0.25, 0.3) is 11.3 Å². The normalized spacial score (nSPS) is 12.4. The van der Waals surface area contributed by atoms with E-state index in [1.54, 1.807) is 19.1 Å². The van der Waals surface area contributed by atoms with E-state index >= 15 is 0 Å². The minimum absolute atomic E-state index is 0.103. The molecule has 2 aromatic rings. The summed E-state index contributed by atoms with van der Waals surface area (Å²) in [5, 5.41) is 8.76. The maximum Gasteiger partial charge on any atom is 0.320 e. The Morgan fingerprint density at radius 2 is 2.32 bits per heavy atom.